The third kappa shape index (κ3) is 5.17. The molecule has 2 rings (SSSR count). The first kappa shape index (κ1) is 18.7. The molecule has 1 heterocycles. The second-order valence-corrected chi connectivity index (χ2v) is 7.17. The molecule has 1 aromatic rings. The maximum absolute atomic E-state index is 12.7. The molecule has 132 valence electrons. The lowest BCUT2D eigenvalue weighted by atomic mass is 9.88. The summed E-state index contributed by atoms with van der Waals surface area (Å²) in [6, 6.07) is 8.07. The Kier molecular flexibility index (Phi) is 6.98. The number of carbonyl (C=O) groups excluding carboxylic acids is 2. The van der Waals surface area contributed by atoms with Crippen LogP contribution in [0.4, 0.5) is 0 Å². The van der Waals surface area contributed by atoms with Gasteiger partial charge in [0.15, 0.2) is 5.78 Å². The zero-order valence-electron chi connectivity index (χ0n) is 15.2. The predicted molar refractivity (Wildman–Crippen MR) is 97.2 cm³/mol. The highest BCUT2D eigenvalue weighted by atomic mass is 16.2. The summed E-state index contributed by atoms with van der Waals surface area (Å²) in [6.45, 7) is 6.50. The van der Waals surface area contributed by atoms with Gasteiger partial charge in [0.05, 0.1) is 0 Å². The highest BCUT2D eigenvalue weighted by Gasteiger charge is 2.27. The number of amides is 1. The number of ketones is 1. The van der Waals surface area contributed by atoms with Crippen molar-refractivity contribution >= 4 is 11.7 Å². The Balaban J connectivity index is 1.87. The molecule has 0 radical (unpaired) electrons. The van der Waals surface area contributed by atoms with E-state index in [1.807, 2.05) is 24.1 Å². The molecule has 1 aliphatic heterocycles. The van der Waals surface area contributed by atoms with E-state index in [0.29, 0.717) is 32.0 Å². The number of Topliss-reactive ketones (excluding diaryl/α,β-unsaturated/α-hetero) is 1. The Labute approximate surface area is 145 Å². The molecule has 0 unspecified atom stereocenters. The first-order valence-corrected chi connectivity index (χ1v) is 9.06. The van der Waals surface area contributed by atoms with Crippen LogP contribution >= 0.6 is 0 Å². The molecule has 1 fully saturated rings. The van der Waals surface area contributed by atoms with Gasteiger partial charge in [0, 0.05) is 37.5 Å². The Morgan fingerprint density at radius 1 is 1.17 bits per heavy atom. The molecule has 0 atom stereocenters. The molecule has 4 heteroatoms. The smallest absolute Gasteiger partial charge is 0.223 e. The van der Waals surface area contributed by atoms with E-state index in [4.69, 9.17) is 0 Å². The minimum Gasteiger partial charge on any atom is -0.343 e. The van der Waals surface area contributed by atoms with Crippen LogP contribution in [0.2, 0.25) is 0 Å². The monoisotopic (exact) mass is 330 g/mol. The van der Waals surface area contributed by atoms with Gasteiger partial charge in [-0.1, -0.05) is 38.1 Å². The molecule has 0 aliphatic carbocycles. The maximum atomic E-state index is 12.7. The van der Waals surface area contributed by atoms with Gasteiger partial charge < -0.3 is 10.2 Å². The molecule has 1 amide bonds. The van der Waals surface area contributed by atoms with Gasteiger partial charge in [0.2, 0.25) is 5.91 Å². The van der Waals surface area contributed by atoms with E-state index in [2.05, 4.69) is 31.3 Å². The fourth-order valence-corrected chi connectivity index (χ4v) is 3.29. The minimum absolute atomic E-state index is 0.0503. The normalized spacial score (nSPS) is 15.8. The fraction of sp³-hybridized carbons (Fsp3) is 0.600. The van der Waals surface area contributed by atoms with Crippen LogP contribution in [0, 0.1) is 11.8 Å². The Bertz CT molecular complexity index is 543. The molecule has 0 aromatic heterocycles. The van der Waals surface area contributed by atoms with Gasteiger partial charge in [-0.25, -0.2) is 0 Å². The number of piperidine rings is 1. The number of nitrogens with one attached hydrogen (secondary N) is 1. The van der Waals surface area contributed by atoms with Gasteiger partial charge in [-0.2, -0.15) is 0 Å². The van der Waals surface area contributed by atoms with Crippen molar-refractivity contribution in [2.45, 2.75) is 39.5 Å². The number of likely N-dealkylation sites (tertiary alicyclic amines) is 1. The molecule has 1 aromatic carbocycles. The summed E-state index contributed by atoms with van der Waals surface area (Å²) in [5.74, 6) is 1.09. The third-order valence-electron chi connectivity index (χ3n) is 4.69. The van der Waals surface area contributed by atoms with Crippen LogP contribution in [0.25, 0.3) is 0 Å². The average molecular weight is 330 g/mol. The summed E-state index contributed by atoms with van der Waals surface area (Å²) in [5, 5.41) is 3.00. The highest BCUT2D eigenvalue weighted by molar-refractivity contribution is 5.98. The largest absolute Gasteiger partial charge is 0.343 e. The molecule has 4 nitrogen and oxygen atoms in total. The summed E-state index contributed by atoms with van der Waals surface area (Å²) in [6.07, 6.45) is 3.13. The summed E-state index contributed by atoms with van der Waals surface area (Å²) < 4.78 is 0. The van der Waals surface area contributed by atoms with Gasteiger partial charge in [-0.3, -0.25) is 9.59 Å². The fourth-order valence-electron chi connectivity index (χ4n) is 3.29. The molecular weight excluding hydrogens is 300 g/mol. The van der Waals surface area contributed by atoms with Crippen molar-refractivity contribution < 1.29 is 9.59 Å². The minimum atomic E-state index is 0.0503. The Morgan fingerprint density at radius 2 is 1.79 bits per heavy atom. The van der Waals surface area contributed by atoms with Crippen LogP contribution in [-0.2, 0) is 11.2 Å². The summed E-state index contributed by atoms with van der Waals surface area (Å²) in [4.78, 5) is 26.6. The highest BCUT2D eigenvalue weighted by Crippen LogP contribution is 2.23. The van der Waals surface area contributed by atoms with Gasteiger partial charge in [0.25, 0.3) is 0 Å². The lowest BCUT2D eigenvalue weighted by Gasteiger charge is -2.31. The number of benzene rings is 1. The van der Waals surface area contributed by atoms with Crippen molar-refractivity contribution in [2.24, 2.45) is 11.8 Å². The van der Waals surface area contributed by atoms with E-state index >= 15 is 0 Å². The number of hydrogen-bond acceptors (Lipinski definition) is 3. The van der Waals surface area contributed by atoms with Crippen LogP contribution in [0.5, 0.6) is 0 Å². The number of rotatable bonds is 7. The van der Waals surface area contributed by atoms with Gasteiger partial charge in [-0.15, -0.1) is 0 Å². The SMILES string of the molecule is CNCCC(=O)N1CCC(C(=O)c2ccc(CC(C)C)cc2)CC1. The zero-order valence-corrected chi connectivity index (χ0v) is 15.2. The van der Waals surface area contributed by atoms with E-state index < -0.39 is 0 Å². The molecule has 24 heavy (non-hydrogen) atoms. The molecule has 1 N–H and O–H groups in total. The van der Waals surface area contributed by atoms with Crippen molar-refractivity contribution in [3.63, 3.8) is 0 Å². The summed E-state index contributed by atoms with van der Waals surface area (Å²) >= 11 is 0. The molecule has 1 aliphatic rings. The third-order valence-corrected chi connectivity index (χ3v) is 4.69. The molecule has 0 saturated carbocycles. The lowest BCUT2D eigenvalue weighted by Crippen LogP contribution is -2.41. The van der Waals surface area contributed by atoms with Gasteiger partial charge in [-0.05, 0) is 37.8 Å². The first-order chi connectivity index (χ1) is 11.5. The molecule has 1 saturated heterocycles. The Hall–Kier alpha value is -1.68. The molecule has 0 bridgehead atoms. The van der Waals surface area contributed by atoms with Crippen molar-refractivity contribution in [2.75, 3.05) is 26.7 Å². The zero-order chi connectivity index (χ0) is 17.5. The van der Waals surface area contributed by atoms with Crippen LogP contribution < -0.4 is 5.32 Å². The quantitative estimate of drug-likeness (QED) is 0.782. The van der Waals surface area contributed by atoms with E-state index in [-0.39, 0.29) is 17.6 Å². The Morgan fingerprint density at radius 3 is 2.33 bits per heavy atom. The van der Waals surface area contributed by atoms with E-state index in [9.17, 15) is 9.59 Å². The number of hydrogen-bond donors (Lipinski definition) is 1. The maximum Gasteiger partial charge on any atom is 0.223 e. The number of nitrogens with zero attached hydrogens (tertiary/aromatic N) is 1. The number of carbonyl (C=O) groups is 2. The molecule has 0 spiro atoms. The standard InChI is InChI=1S/C20H30N2O2/c1-15(2)14-16-4-6-17(7-5-16)20(24)18-9-12-22(13-10-18)19(23)8-11-21-3/h4-7,15,18,21H,8-14H2,1-3H3. The topological polar surface area (TPSA) is 49.4 Å². The van der Waals surface area contributed by atoms with Crippen molar-refractivity contribution in [3.8, 4) is 0 Å². The van der Waals surface area contributed by atoms with Crippen LogP contribution in [0.1, 0.15) is 49.0 Å². The first-order valence-electron chi connectivity index (χ1n) is 9.06. The van der Waals surface area contributed by atoms with Crippen LogP contribution in [0.3, 0.4) is 0 Å². The van der Waals surface area contributed by atoms with Gasteiger partial charge >= 0.3 is 0 Å². The summed E-state index contributed by atoms with van der Waals surface area (Å²) in [7, 11) is 1.85. The van der Waals surface area contributed by atoms with Gasteiger partial charge in [0.1, 0.15) is 0 Å². The van der Waals surface area contributed by atoms with E-state index in [0.717, 1.165) is 24.8 Å². The second-order valence-electron chi connectivity index (χ2n) is 7.17. The van der Waals surface area contributed by atoms with E-state index in [1.54, 1.807) is 0 Å². The van der Waals surface area contributed by atoms with Crippen LogP contribution in [0.15, 0.2) is 24.3 Å². The van der Waals surface area contributed by atoms with Crippen LogP contribution in [-0.4, -0.2) is 43.3 Å². The van der Waals surface area contributed by atoms with Crippen molar-refractivity contribution in [1.82, 2.24) is 10.2 Å². The molecular formula is C20H30N2O2. The second kappa shape index (κ2) is 8.97. The predicted octanol–water partition coefficient (Wildman–Crippen LogP) is 2.92. The average Bonchev–Trinajstić information content (AvgIpc) is 2.59. The summed E-state index contributed by atoms with van der Waals surface area (Å²) in [5.41, 5.74) is 2.09. The van der Waals surface area contributed by atoms with Crippen molar-refractivity contribution in [1.29, 1.82) is 0 Å². The van der Waals surface area contributed by atoms with Crippen molar-refractivity contribution in [3.05, 3.63) is 35.4 Å². The van der Waals surface area contributed by atoms with E-state index in [1.165, 1.54) is 5.56 Å². The lowest BCUT2D eigenvalue weighted by molar-refractivity contribution is -0.132.